The molecule has 0 saturated carbocycles. The number of methoxy groups -OCH3 is 1. The Morgan fingerprint density at radius 3 is 2.67 bits per heavy atom. The van der Waals surface area contributed by atoms with Gasteiger partial charge in [0.1, 0.15) is 5.75 Å². The predicted octanol–water partition coefficient (Wildman–Crippen LogP) is 5.18. The third-order valence-electron chi connectivity index (χ3n) is 5.41. The van der Waals surface area contributed by atoms with Crippen molar-refractivity contribution in [1.29, 1.82) is 0 Å². The number of rotatable bonds is 5. The molecule has 0 bridgehead atoms. The van der Waals surface area contributed by atoms with Gasteiger partial charge >= 0.3 is 6.03 Å². The van der Waals surface area contributed by atoms with Gasteiger partial charge in [-0.2, -0.15) is 5.10 Å². The number of hydrogen-bond donors (Lipinski definition) is 2. The molecule has 0 spiro atoms. The number of nitrogens with zero attached hydrogens (tertiary/aromatic N) is 2. The summed E-state index contributed by atoms with van der Waals surface area (Å²) in [7, 11) is 1.56. The molecule has 158 valence electrons. The summed E-state index contributed by atoms with van der Waals surface area (Å²) in [6, 6.07) is 11.1. The number of hydrazone groups is 1. The average molecular weight is 407 g/mol. The number of nitrogens with one attached hydrogen (secondary N) is 2. The molecule has 0 aromatic heterocycles. The van der Waals surface area contributed by atoms with Crippen LogP contribution in [-0.2, 0) is 0 Å². The summed E-state index contributed by atoms with van der Waals surface area (Å²) in [5.74, 6) is 0.591. The minimum Gasteiger partial charge on any atom is -0.495 e. The molecule has 30 heavy (non-hydrogen) atoms. The van der Waals surface area contributed by atoms with Crippen LogP contribution < -0.4 is 20.4 Å². The smallest absolute Gasteiger partial charge is 0.339 e. The number of hydrogen-bond acceptors (Lipinski definition) is 4. The summed E-state index contributed by atoms with van der Waals surface area (Å²) < 4.78 is 5.24. The molecule has 2 aromatic carbocycles. The summed E-state index contributed by atoms with van der Waals surface area (Å²) in [6.07, 6.45) is 3.98. The van der Waals surface area contributed by atoms with E-state index in [1.807, 2.05) is 12.1 Å². The van der Waals surface area contributed by atoms with E-state index < -0.39 is 6.03 Å². The normalized spacial score (nSPS) is 14.9. The van der Waals surface area contributed by atoms with Crippen LogP contribution in [0.3, 0.4) is 0 Å². The molecule has 2 amide bonds. The number of carbonyl (C=O) groups excluding carboxylic acids is 1. The van der Waals surface area contributed by atoms with Gasteiger partial charge in [0.25, 0.3) is 0 Å². The van der Waals surface area contributed by atoms with Gasteiger partial charge in [0, 0.05) is 17.8 Å². The maximum absolute atomic E-state index is 12.2. The highest BCUT2D eigenvalue weighted by Gasteiger charge is 2.30. The van der Waals surface area contributed by atoms with Gasteiger partial charge in [-0.3, -0.25) is 0 Å². The van der Waals surface area contributed by atoms with Crippen LogP contribution in [0.15, 0.2) is 47.6 Å². The lowest BCUT2D eigenvalue weighted by Gasteiger charge is -2.43. The van der Waals surface area contributed by atoms with Crippen LogP contribution >= 0.6 is 0 Å². The van der Waals surface area contributed by atoms with Crippen molar-refractivity contribution in [3.63, 3.8) is 0 Å². The van der Waals surface area contributed by atoms with Crippen molar-refractivity contribution in [3.8, 4) is 5.75 Å². The average Bonchev–Trinajstić information content (AvgIpc) is 2.69. The lowest BCUT2D eigenvalue weighted by atomic mass is 9.87. The molecular weight excluding hydrogens is 376 g/mol. The molecular formula is C24H30N4O2. The van der Waals surface area contributed by atoms with E-state index in [0.717, 1.165) is 17.7 Å². The highest BCUT2D eigenvalue weighted by atomic mass is 16.5. The Labute approximate surface area is 178 Å². The standard InChI is InChI=1S/C24H30N4O2/c1-7-28-21-12-16(2)18(13-19(21)17(3)14-24(28,4)5)15-25-27-23(29)26-20-10-8-9-11-22(20)30-6/h8-15H,7H2,1-6H3,(H2,26,27,29)/b25-15-. The number of ether oxygens (including phenoxy) is 1. The maximum Gasteiger partial charge on any atom is 0.339 e. The van der Waals surface area contributed by atoms with Crippen molar-refractivity contribution >= 4 is 29.2 Å². The molecule has 0 unspecified atom stereocenters. The molecule has 6 heteroatoms. The van der Waals surface area contributed by atoms with Gasteiger partial charge in [0.2, 0.25) is 0 Å². The summed E-state index contributed by atoms with van der Waals surface area (Å²) in [6.45, 7) is 11.8. The third-order valence-corrected chi connectivity index (χ3v) is 5.41. The number of anilines is 2. The second-order valence-corrected chi connectivity index (χ2v) is 7.98. The van der Waals surface area contributed by atoms with Crippen LogP contribution in [0.4, 0.5) is 16.2 Å². The minimum absolute atomic E-state index is 0.0218. The molecule has 1 aliphatic heterocycles. The van der Waals surface area contributed by atoms with Gasteiger partial charge < -0.3 is 15.0 Å². The van der Waals surface area contributed by atoms with Gasteiger partial charge in [0.15, 0.2) is 0 Å². The zero-order chi connectivity index (χ0) is 21.9. The second-order valence-electron chi connectivity index (χ2n) is 7.98. The second kappa shape index (κ2) is 8.61. The topological polar surface area (TPSA) is 66.0 Å². The number of allylic oxidation sites excluding steroid dienone is 1. The first kappa shape index (κ1) is 21.4. The number of benzene rings is 2. The van der Waals surface area contributed by atoms with Crippen LogP contribution in [0.5, 0.6) is 5.75 Å². The molecule has 0 saturated heterocycles. The monoisotopic (exact) mass is 406 g/mol. The molecule has 0 atom stereocenters. The fraction of sp³-hybridized carbons (Fsp3) is 0.333. The zero-order valence-electron chi connectivity index (χ0n) is 18.5. The van der Waals surface area contributed by atoms with Crippen molar-refractivity contribution in [3.05, 3.63) is 59.2 Å². The SMILES string of the molecule is CCN1c2cc(C)c(/C=N\NC(=O)Nc3ccccc3OC)cc2C(C)=CC1(C)C. The Balaban J connectivity index is 1.77. The van der Waals surface area contributed by atoms with Gasteiger partial charge in [-0.05, 0) is 75.6 Å². The van der Waals surface area contributed by atoms with Gasteiger partial charge in [-0.15, -0.1) is 0 Å². The van der Waals surface area contributed by atoms with E-state index in [1.165, 1.54) is 16.8 Å². The van der Waals surface area contributed by atoms with Crippen molar-refractivity contribution in [2.24, 2.45) is 5.10 Å². The Kier molecular flexibility index (Phi) is 6.15. The number of amides is 2. The number of aryl methyl sites for hydroxylation is 1. The van der Waals surface area contributed by atoms with Gasteiger partial charge in [-0.1, -0.05) is 18.2 Å². The Morgan fingerprint density at radius 1 is 1.23 bits per heavy atom. The van der Waals surface area contributed by atoms with E-state index in [9.17, 15) is 4.79 Å². The lowest BCUT2D eigenvalue weighted by molar-refractivity contribution is 0.252. The summed E-state index contributed by atoms with van der Waals surface area (Å²) in [5.41, 5.74) is 8.83. The maximum atomic E-state index is 12.2. The van der Waals surface area contributed by atoms with Gasteiger partial charge in [-0.25, -0.2) is 10.2 Å². The highest BCUT2D eigenvalue weighted by Crippen LogP contribution is 2.39. The largest absolute Gasteiger partial charge is 0.495 e. The van der Waals surface area contributed by atoms with Crippen molar-refractivity contribution in [1.82, 2.24) is 5.43 Å². The number of fused-ring (bicyclic) bond motifs is 1. The first-order chi connectivity index (χ1) is 14.3. The fourth-order valence-corrected chi connectivity index (χ4v) is 4.02. The van der Waals surface area contributed by atoms with E-state index in [0.29, 0.717) is 11.4 Å². The number of para-hydroxylation sites is 2. The van der Waals surface area contributed by atoms with Crippen LogP contribution in [0.2, 0.25) is 0 Å². The first-order valence-electron chi connectivity index (χ1n) is 10.1. The number of urea groups is 1. The van der Waals surface area contributed by atoms with E-state index in [2.05, 4.69) is 73.6 Å². The summed E-state index contributed by atoms with van der Waals surface area (Å²) in [4.78, 5) is 14.6. The van der Waals surface area contributed by atoms with Crippen LogP contribution in [0, 0.1) is 6.92 Å². The molecule has 0 radical (unpaired) electrons. The molecule has 2 N–H and O–H groups in total. The van der Waals surface area contributed by atoms with Crippen LogP contribution in [0.25, 0.3) is 5.57 Å². The number of likely N-dealkylation sites (N-methyl/N-ethyl adjacent to an activating group) is 1. The van der Waals surface area contributed by atoms with Crippen molar-refractivity contribution in [2.45, 2.75) is 40.2 Å². The Bertz CT molecular complexity index is 1010. The van der Waals surface area contributed by atoms with E-state index in [1.54, 1.807) is 25.5 Å². The zero-order valence-corrected chi connectivity index (χ0v) is 18.5. The lowest BCUT2D eigenvalue weighted by Crippen LogP contribution is -2.45. The van der Waals surface area contributed by atoms with Crippen LogP contribution in [-0.4, -0.2) is 31.4 Å². The Morgan fingerprint density at radius 2 is 1.97 bits per heavy atom. The molecule has 6 nitrogen and oxygen atoms in total. The van der Waals surface area contributed by atoms with E-state index in [4.69, 9.17) is 4.74 Å². The first-order valence-corrected chi connectivity index (χ1v) is 10.1. The molecule has 3 rings (SSSR count). The minimum atomic E-state index is -0.429. The summed E-state index contributed by atoms with van der Waals surface area (Å²) in [5, 5.41) is 6.87. The van der Waals surface area contributed by atoms with E-state index >= 15 is 0 Å². The molecule has 1 aliphatic rings. The number of carbonyl (C=O) groups is 1. The van der Waals surface area contributed by atoms with Crippen molar-refractivity contribution < 1.29 is 9.53 Å². The van der Waals surface area contributed by atoms with E-state index in [-0.39, 0.29) is 5.54 Å². The Hall–Kier alpha value is -3.28. The third kappa shape index (κ3) is 4.32. The molecule has 2 aromatic rings. The fourth-order valence-electron chi connectivity index (χ4n) is 4.02. The molecule has 1 heterocycles. The molecule has 0 aliphatic carbocycles. The van der Waals surface area contributed by atoms with Gasteiger partial charge in [0.05, 0.1) is 24.6 Å². The quantitative estimate of drug-likeness (QED) is 0.531. The highest BCUT2D eigenvalue weighted by molar-refractivity contribution is 5.93. The predicted molar refractivity (Wildman–Crippen MR) is 125 cm³/mol. The molecule has 0 fully saturated rings. The van der Waals surface area contributed by atoms with Crippen molar-refractivity contribution in [2.75, 3.05) is 23.9 Å². The van der Waals surface area contributed by atoms with Crippen LogP contribution in [0.1, 0.15) is 44.4 Å². The summed E-state index contributed by atoms with van der Waals surface area (Å²) >= 11 is 0.